The predicted molar refractivity (Wildman–Crippen MR) is 70.9 cm³/mol. The van der Waals surface area contributed by atoms with Gasteiger partial charge in [0, 0.05) is 25.7 Å². The lowest BCUT2D eigenvalue weighted by Gasteiger charge is -2.33. The van der Waals surface area contributed by atoms with Crippen LogP contribution in [0.25, 0.3) is 0 Å². The van der Waals surface area contributed by atoms with E-state index in [-0.39, 0.29) is 19.1 Å². The molecule has 0 aromatic carbocycles. The van der Waals surface area contributed by atoms with Gasteiger partial charge in [0.05, 0.1) is 0 Å². The third kappa shape index (κ3) is 5.84. The molecule has 1 aliphatic heterocycles. The highest BCUT2D eigenvalue weighted by Crippen LogP contribution is 2.24. The van der Waals surface area contributed by atoms with Crippen LogP contribution in [0.1, 0.15) is 39.5 Å². The van der Waals surface area contributed by atoms with Crippen molar-refractivity contribution in [1.29, 1.82) is 0 Å². The zero-order valence-corrected chi connectivity index (χ0v) is 11.4. The Balaban J connectivity index is 2.14. The molecule has 1 aliphatic rings. The highest BCUT2D eigenvalue weighted by atomic mass is 16.3. The summed E-state index contributed by atoms with van der Waals surface area (Å²) in [6, 6.07) is 0. The van der Waals surface area contributed by atoms with E-state index in [4.69, 9.17) is 10.2 Å². The molecule has 102 valence electrons. The topological polar surface area (TPSA) is 43.7 Å². The van der Waals surface area contributed by atoms with Crippen LogP contribution in [0, 0.1) is 17.8 Å². The van der Waals surface area contributed by atoms with E-state index in [1.807, 2.05) is 0 Å². The molecule has 3 heteroatoms. The van der Waals surface area contributed by atoms with Crippen LogP contribution in [0.15, 0.2) is 0 Å². The van der Waals surface area contributed by atoms with Crippen molar-refractivity contribution < 1.29 is 10.2 Å². The molecule has 1 fully saturated rings. The summed E-state index contributed by atoms with van der Waals surface area (Å²) in [5.41, 5.74) is 0. The first-order chi connectivity index (χ1) is 8.15. The summed E-state index contributed by atoms with van der Waals surface area (Å²) in [7, 11) is 0. The van der Waals surface area contributed by atoms with E-state index in [2.05, 4.69) is 18.7 Å². The number of rotatable bonds is 7. The van der Waals surface area contributed by atoms with Gasteiger partial charge in [-0.15, -0.1) is 0 Å². The number of hydrogen-bond donors (Lipinski definition) is 2. The Bertz CT molecular complexity index is 185. The third-order valence-electron chi connectivity index (χ3n) is 3.83. The van der Waals surface area contributed by atoms with Crippen molar-refractivity contribution in [2.45, 2.75) is 39.5 Å². The van der Waals surface area contributed by atoms with Gasteiger partial charge in [0.2, 0.25) is 0 Å². The smallest absolute Gasteiger partial charge is 0.0481 e. The van der Waals surface area contributed by atoms with Crippen molar-refractivity contribution in [2.75, 3.05) is 32.8 Å². The number of hydrogen-bond acceptors (Lipinski definition) is 3. The summed E-state index contributed by atoms with van der Waals surface area (Å²) >= 11 is 0. The fourth-order valence-electron chi connectivity index (χ4n) is 2.69. The zero-order valence-electron chi connectivity index (χ0n) is 11.4. The standard InChI is InChI=1S/C14H29NO2/c1-12(2)9-15-7-5-13(6-8-15)3-4-14(10-16)11-17/h12-14,16-17H,3-11H2,1-2H3. The van der Waals surface area contributed by atoms with Gasteiger partial charge in [-0.25, -0.2) is 0 Å². The van der Waals surface area contributed by atoms with Gasteiger partial charge in [0.15, 0.2) is 0 Å². The molecule has 1 saturated heterocycles. The van der Waals surface area contributed by atoms with Crippen LogP contribution in [0.2, 0.25) is 0 Å². The molecule has 3 nitrogen and oxygen atoms in total. The van der Waals surface area contributed by atoms with Gasteiger partial charge in [-0.05, 0) is 50.6 Å². The highest BCUT2D eigenvalue weighted by molar-refractivity contribution is 4.74. The maximum Gasteiger partial charge on any atom is 0.0481 e. The van der Waals surface area contributed by atoms with E-state index >= 15 is 0 Å². The minimum absolute atomic E-state index is 0.101. The number of likely N-dealkylation sites (tertiary alicyclic amines) is 1. The Kier molecular flexibility index (Phi) is 7.09. The average Bonchev–Trinajstić information content (AvgIpc) is 2.32. The van der Waals surface area contributed by atoms with Crippen LogP contribution in [0.4, 0.5) is 0 Å². The predicted octanol–water partition coefficient (Wildman–Crippen LogP) is 1.74. The lowest BCUT2D eigenvalue weighted by Crippen LogP contribution is -2.36. The van der Waals surface area contributed by atoms with Crippen molar-refractivity contribution >= 4 is 0 Å². The summed E-state index contributed by atoms with van der Waals surface area (Å²) in [5, 5.41) is 18.1. The summed E-state index contributed by atoms with van der Waals surface area (Å²) < 4.78 is 0. The first-order valence-corrected chi connectivity index (χ1v) is 7.09. The second-order valence-electron chi connectivity index (χ2n) is 5.95. The minimum atomic E-state index is 0.101. The lowest BCUT2D eigenvalue weighted by molar-refractivity contribution is 0.123. The molecule has 1 rings (SSSR count). The van der Waals surface area contributed by atoms with Crippen LogP contribution in [0.3, 0.4) is 0 Å². The zero-order chi connectivity index (χ0) is 12.7. The molecule has 0 aliphatic carbocycles. The maximum absolute atomic E-state index is 9.03. The van der Waals surface area contributed by atoms with E-state index in [0.717, 1.165) is 18.3 Å². The molecule has 0 aromatic rings. The Morgan fingerprint density at radius 1 is 1.12 bits per heavy atom. The molecule has 0 spiro atoms. The van der Waals surface area contributed by atoms with Gasteiger partial charge in [-0.3, -0.25) is 0 Å². The van der Waals surface area contributed by atoms with E-state index in [0.29, 0.717) is 0 Å². The first-order valence-electron chi connectivity index (χ1n) is 7.09. The Morgan fingerprint density at radius 2 is 1.71 bits per heavy atom. The van der Waals surface area contributed by atoms with Gasteiger partial charge in [0.1, 0.15) is 0 Å². The average molecular weight is 243 g/mol. The van der Waals surface area contributed by atoms with Crippen LogP contribution in [0.5, 0.6) is 0 Å². The Hall–Kier alpha value is -0.120. The summed E-state index contributed by atoms with van der Waals surface area (Å²) in [5.74, 6) is 1.67. The second-order valence-corrected chi connectivity index (χ2v) is 5.95. The second kappa shape index (κ2) is 8.06. The number of aliphatic hydroxyl groups is 2. The van der Waals surface area contributed by atoms with E-state index in [9.17, 15) is 0 Å². The van der Waals surface area contributed by atoms with Crippen molar-refractivity contribution in [3.8, 4) is 0 Å². The van der Waals surface area contributed by atoms with Crippen molar-refractivity contribution in [3.05, 3.63) is 0 Å². The number of piperidine rings is 1. The first kappa shape index (κ1) is 14.9. The maximum atomic E-state index is 9.03. The monoisotopic (exact) mass is 243 g/mol. The SMILES string of the molecule is CC(C)CN1CCC(CCC(CO)CO)CC1. The van der Waals surface area contributed by atoms with Crippen LogP contribution in [-0.2, 0) is 0 Å². The molecule has 1 heterocycles. The van der Waals surface area contributed by atoms with Crippen molar-refractivity contribution in [2.24, 2.45) is 17.8 Å². The third-order valence-corrected chi connectivity index (χ3v) is 3.83. The molecule has 2 N–H and O–H groups in total. The van der Waals surface area contributed by atoms with Crippen LogP contribution < -0.4 is 0 Å². The van der Waals surface area contributed by atoms with Crippen molar-refractivity contribution in [3.63, 3.8) is 0 Å². The largest absolute Gasteiger partial charge is 0.396 e. The Labute approximate surface area is 106 Å². The van der Waals surface area contributed by atoms with E-state index in [1.54, 1.807) is 0 Å². The van der Waals surface area contributed by atoms with Gasteiger partial charge >= 0.3 is 0 Å². The number of aliphatic hydroxyl groups excluding tert-OH is 2. The van der Waals surface area contributed by atoms with Gasteiger partial charge in [-0.1, -0.05) is 13.8 Å². The normalized spacial score (nSPS) is 19.4. The van der Waals surface area contributed by atoms with Gasteiger partial charge < -0.3 is 15.1 Å². The summed E-state index contributed by atoms with van der Waals surface area (Å²) in [6.07, 6.45) is 4.72. The molecule has 0 atom stereocenters. The molecule has 0 saturated carbocycles. The van der Waals surface area contributed by atoms with E-state index < -0.39 is 0 Å². The molecule has 0 aromatic heterocycles. The molecular weight excluding hydrogens is 214 g/mol. The van der Waals surface area contributed by atoms with E-state index in [1.165, 1.54) is 38.9 Å². The quantitative estimate of drug-likeness (QED) is 0.716. The number of nitrogens with zero attached hydrogens (tertiary/aromatic N) is 1. The molecule has 0 radical (unpaired) electrons. The van der Waals surface area contributed by atoms with Crippen LogP contribution in [-0.4, -0.2) is 48.0 Å². The summed E-state index contributed by atoms with van der Waals surface area (Å²) in [6.45, 7) is 8.49. The minimum Gasteiger partial charge on any atom is -0.396 e. The Morgan fingerprint density at radius 3 is 2.18 bits per heavy atom. The fraction of sp³-hybridized carbons (Fsp3) is 1.00. The fourth-order valence-corrected chi connectivity index (χ4v) is 2.69. The highest BCUT2D eigenvalue weighted by Gasteiger charge is 2.20. The molecule has 0 amide bonds. The summed E-state index contributed by atoms with van der Waals surface area (Å²) in [4.78, 5) is 2.57. The molecule has 17 heavy (non-hydrogen) atoms. The van der Waals surface area contributed by atoms with Gasteiger partial charge in [0.25, 0.3) is 0 Å². The lowest BCUT2D eigenvalue weighted by atomic mass is 9.89. The molecule has 0 bridgehead atoms. The van der Waals surface area contributed by atoms with Crippen LogP contribution >= 0.6 is 0 Å². The molecule has 0 unspecified atom stereocenters. The van der Waals surface area contributed by atoms with Crippen molar-refractivity contribution in [1.82, 2.24) is 4.90 Å². The van der Waals surface area contributed by atoms with Gasteiger partial charge in [-0.2, -0.15) is 0 Å². The molecular formula is C14H29NO2.